The molecule has 26 heavy (non-hydrogen) atoms. The number of halogens is 1. The topological polar surface area (TPSA) is 61.0 Å². The van der Waals surface area contributed by atoms with Gasteiger partial charge in [-0.05, 0) is 63.5 Å². The fourth-order valence-corrected chi connectivity index (χ4v) is 5.23. The quantitative estimate of drug-likeness (QED) is 0.839. The molecule has 1 aromatic rings. The van der Waals surface area contributed by atoms with Gasteiger partial charge >= 0.3 is 0 Å². The molecule has 6 heteroatoms. The molecule has 0 radical (unpaired) electrons. The van der Waals surface area contributed by atoms with Crippen molar-refractivity contribution in [2.45, 2.75) is 63.7 Å². The summed E-state index contributed by atoms with van der Waals surface area (Å²) >= 11 is 0. The molecule has 1 aliphatic carbocycles. The van der Waals surface area contributed by atoms with Gasteiger partial charge < -0.3 is 10.2 Å². The average Bonchev–Trinajstić information content (AvgIpc) is 3.19. The fraction of sp³-hybridized carbons (Fsp3) is 0.800. The van der Waals surface area contributed by atoms with Crippen molar-refractivity contribution < 1.29 is 4.79 Å². The molecule has 5 nitrogen and oxygen atoms in total. The van der Waals surface area contributed by atoms with E-state index >= 15 is 0 Å². The van der Waals surface area contributed by atoms with Gasteiger partial charge in [0.15, 0.2) is 0 Å². The Bertz CT molecular complexity index is 570. The van der Waals surface area contributed by atoms with E-state index in [2.05, 4.69) is 20.4 Å². The number of carbonyl (C=O) groups is 1. The Hall–Kier alpha value is -1.07. The first kappa shape index (κ1) is 19.7. The zero-order valence-corrected chi connectivity index (χ0v) is 16.5. The van der Waals surface area contributed by atoms with Gasteiger partial charge in [-0.15, -0.1) is 12.4 Å². The van der Waals surface area contributed by atoms with E-state index in [-0.39, 0.29) is 18.3 Å². The van der Waals surface area contributed by atoms with E-state index in [1.54, 1.807) is 6.20 Å². The van der Waals surface area contributed by atoms with E-state index in [4.69, 9.17) is 0 Å². The van der Waals surface area contributed by atoms with Crippen LogP contribution in [0.4, 0.5) is 0 Å². The molecule has 3 fully saturated rings. The number of hydrogen-bond donors (Lipinski definition) is 2. The summed E-state index contributed by atoms with van der Waals surface area (Å²) < 4.78 is 0. The molecule has 0 atom stereocenters. The van der Waals surface area contributed by atoms with Gasteiger partial charge in [0.1, 0.15) is 0 Å². The number of nitrogens with zero attached hydrogens (tertiary/aromatic N) is 2. The zero-order valence-electron chi connectivity index (χ0n) is 15.7. The third-order valence-electron chi connectivity index (χ3n) is 6.79. The SMILES string of the molecule is Cl.O=C(c1cn[nH]c1C1CCCCC1)N1CCC(C2CCNCC2)CC1. The van der Waals surface area contributed by atoms with Crippen molar-refractivity contribution >= 4 is 18.3 Å². The van der Waals surface area contributed by atoms with Crippen LogP contribution in [0.25, 0.3) is 0 Å². The lowest BCUT2D eigenvalue weighted by Gasteiger charge is -2.38. The maximum absolute atomic E-state index is 13.1. The molecule has 0 spiro atoms. The monoisotopic (exact) mass is 380 g/mol. The number of aromatic nitrogens is 2. The molecule has 4 rings (SSSR count). The third kappa shape index (κ3) is 4.25. The Morgan fingerprint density at radius 2 is 1.62 bits per heavy atom. The Kier molecular flexibility index (Phi) is 6.98. The fourth-order valence-electron chi connectivity index (χ4n) is 5.23. The van der Waals surface area contributed by atoms with Crippen molar-refractivity contribution in [2.24, 2.45) is 11.8 Å². The molecule has 0 bridgehead atoms. The summed E-state index contributed by atoms with van der Waals surface area (Å²) in [5.41, 5.74) is 1.94. The summed E-state index contributed by atoms with van der Waals surface area (Å²) in [6.07, 6.45) is 13.0. The van der Waals surface area contributed by atoms with Gasteiger partial charge in [0.2, 0.25) is 0 Å². The zero-order chi connectivity index (χ0) is 17.1. The van der Waals surface area contributed by atoms with Crippen LogP contribution in [0.2, 0.25) is 0 Å². The molecule has 0 aromatic carbocycles. The van der Waals surface area contributed by atoms with Gasteiger partial charge in [-0.1, -0.05) is 19.3 Å². The molecular weight excluding hydrogens is 348 g/mol. The van der Waals surface area contributed by atoms with Crippen LogP contribution in [0.3, 0.4) is 0 Å². The second kappa shape index (κ2) is 9.23. The molecule has 2 N–H and O–H groups in total. The minimum Gasteiger partial charge on any atom is -0.339 e. The number of amides is 1. The van der Waals surface area contributed by atoms with E-state index in [1.165, 1.54) is 70.9 Å². The van der Waals surface area contributed by atoms with Crippen LogP contribution >= 0.6 is 12.4 Å². The lowest BCUT2D eigenvalue weighted by Crippen LogP contribution is -2.42. The number of nitrogens with one attached hydrogen (secondary N) is 2. The van der Waals surface area contributed by atoms with Crippen LogP contribution in [-0.2, 0) is 0 Å². The van der Waals surface area contributed by atoms with Crippen LogP contribution < -0.4 is 5.32 Å². The lowest BCUT2D eigenvalue weighted by atomic mass is 9.79. The number of piperidine rings is 2. The van der Waals surface area contributed by atoms with E-state index in [0.29, 0.717) is 5.92 Å². The average molecular weight is 381 g/mol. The van der Waals surface area contributed by atoms with Crippen LogP contribution in [0.5, 0.6) is 0 Å². The Labute approximate surface area is 163 Å². The molecule has 1 saturated carbocycles. The van der Waals surface area contributed by atoms with E-state index in [1.807, 2.05) is 0 Å². The molecule has 3 heterocycles. The van der Waals surface area contributed by atoms with Gasteiger partial charge in [-0.3, -0.25) is 9.89 Å². The van der Waals surface area contributed by atoms with Crippen LogP contribution in [0.1, 0.15) is 79.8 Å². The molecule has 1 aromatic heterocycles. The van der Waals surface area contributed by atoms with E-state index < -0.39 is 0 Å². The summed E-state index contributed by atoms with van der Waals surface area (Å²) in [5, 5.41) is 10.8. The minimum absolute atomic E-state index is 0. The molecular formula is C20H33ClN4O. The Morgan fingerprint density at radius 3 is 2.31 bits per heavy atom. The second-order valence-corrected chi connectivity index (χ2v) is 8.25. The maximum Gasteiger partial charge on any atom is 0.257 e. The largest absolute Gasteiger partial charge is 0.339 e. The van der Waals surface area contributed by atoms with Gasteiger partial charge in [0.05, 0.1) is 17.5 Å². The first-order valence-corrected chi connectivity index (χ1v) is 10.4. The third-order valence-corrected chi connectivity index (χ3v) is 6.79. The van der Waals surface area contributed by atoms with E-state index in [9.17, 15) is 4.79 Å². The van der Waals surface area contributed by atoms with E-state index in [0.717, 1.165) is 36.2 Å². The van der Waals surface area contributed by atoms with Crippen LogP contribution in [0, 0.1) is 11.8 Å². The first-order chi connectivity index (χ1) is 12.3. The molecule has 3 aliphatic rings. The highest BCUT2D eigenvalue weighted by atomic mass is 35.5. The van der Waals surface area contributed by atoms with Crippen LogP contribution in [-0.4, -0.2) is 47.2 Å². The van der Waals surface area contributed by atoms with Crippen molar-refractivity contribution in [3.63, 3.8) is 0 Å². The Morgan fingerprint density at radius 1 is 0.962 bits per heavy atom. The van der Waals surface area contributed by atoms with Crippen molar-refractivity contribution in [1.82, 2.24) is 20.4 Å². The number of H-pyrrole nitrogens is 1. The highest BCUT2D eigenvalue weighted by Crippen LogP contribution is 2.35. The molecule has 1 amide bonds. The highest BCUT2D eigenvalue weighted by Gasteiger charge is 2.31. The summed E-state index contributed by atoms with van der Waals surface area (Å²) in [5.74, 6) is 2.39. The number of likely N-dealkylation sites (tertiary alicyclic amines) is 1. The number of aromatic amines is 1. The van der Waals surface area contributed by atoms with Gasteiger partial charge in [-0.25, -0.2) is 0 Å². The summed E-state index contributed by atoms with van der Waals surface area (Å²) in [6, 6.07) is 0. The van der Waals surface area contributed by atoms with Gasteiger partial charge in [-0.2, -0.15) is 5.10 Å². The number of rotatable bonds is 3. The van der Waals surface area contributed by atoms with Crippen molar-refractivity contribution in [3.8, 4) is 0 Å². The normalized spacial score (nSPS) is 23.6. The minimum atomic E-state index is 0. The predicted octanol–water partition coefficient (Wildman–Crippen LogP) is 3.73. The standard InChI is InChI=1S/C20H32N4O.ClH/c25-20(18-14-22-23-19(18)17-4-2-1-3-5-17)24-12-8-16(9-13-24)15-6-10-21-11-7-15;/h14-17,21H,1-13H2,(H,22,23);1H. The summed E-state index contributed by atoms with van der Waals surface area (Å²) in [4.78, 5) is 15.1. The maximum atomic E-state index is 13.1. The molecule has 146 valence electrons. The van der Waals surface area contributed by atoms with Crippen LogP contribution in [0.15, 0.2) is 6.20 Å². The smallest absolute Gasteiger partial charge is 0.257 e. The van der Waals surface area contributed by atoms with Crippen molar-refractivity contribution in [2.75, 3.05) is 26.2 Å². The summed E-state index contributed by atoms with van der Waals surface area (Å²) in [6.45, 7) is 4.18. The highest BCUT2D eigenvalue weighted by molar-refractivity contribution is 5.95. The molecule has 0 unspecified atom stereocenters. The molecule has 2 aliphatic heterocycles. The lowest BCUT2D eigenvalue weighted by molar-refractivity contribution is 0.0640. The number of hydrogen-bond acceptors (Lipinski definition) is 3. The first-order valence-electron chi connectivity index (χ1n) is 10.4. The second-order valence-electron chi connectivity index (χ2n) is 8.25. The molecule has 2 saturated heterocycles. The van der Waals surface area contributed by atoms with Gasteiger partial charge in [0, 0.05) is 19.0 Å². The van der Waals surface area contributed by atoms with Gasteiger partial charge in [0.25, 0.3) is 5.91 Å². The predicted molar refractivity (Wildman–Crippen MR) is 106 cm³/mol. The number of carbonyl (C=O) groups excluding carboxylic acids is 1. The summed E-state index contributed by atoms with van der Waals surface area (Å²) in [7, 11) is 0. The Balaban J connectivity index is 0.00000196. The van der Waals surface area contributed by atoms with Crippen molar-refractivity contribution in [3.05, 3.63) is 17.5 Å². The van der Waals surface area contributed by atoms with Crippen molar-refractivity contribution in [1.29, 1.82) is 0 Å².